The Labute approximate surface area is 119 Å². The fourth-order valence-electron chi connectivity index (χ4n) is 2.83. The average molecular weight is 274 g/mol. The highest BCUT2D eigenvalue weighted by molar-refractivity contribution is 5.95. The molecule has 0 aromatic heterocycles. The Morgan fingerprint density at radius 2 is 1.95 bits per heavy atom. The second kappa shape index (κ2) is 6.55. The van der Waals surface area contributed by atoms with Gasteiger partial charge in [-0.25, -0.2) is 0 Å². The molecule has 1 aromatic rings. The van der Waals surface area contributed by atoms with E-state index in [9.17, 15) is 14.7 Å². The molecule has 0 unspecified atom stereocenters. The highest BCUT2D eigenvalue weighted by Gasteiger charge is 2.31. The maximum absolute atomic E-state index is 12.3. The van der Waals surface area contributed by atoms with Crippen LogP contribution in [0.15, 0.2) is 24.3 Å². The van der Waals surface area contributed by atoms with Crippen molar-refractivity contribution in [1.29, 1.82) is 0 Å². The maximum atomic E-state index is 12.3. The summed E-state index contributed by atoms with van der Waals surface area (Å²) in [5, 5.41) is 14.0. The summed E-state index contributed by atoms with van der Waals surface area (Å²) in [6.45, 7) is 2.05. The molecule has 0 heterocycles. The fraction of sp³-hybridized carbons (Fsp3) is 0.500. The lowest BCUT2D eigenvalue weighted by Crippen LogP contribution is -2.42. The third-order valence-corrected chi connectivity index (χ3v) is 4.01. The van der Waals surface area contributed by atoms with Crippen LogP contribution in [0, 0.1) is 11.8 Å². The quantitative estimate of drug-likeness (QED) is 0.909. The van der Waals surface area contributed by atoms with Gasteiger partial charge in [-0.1, -0.05) is 31.9 Å². The molecule has 0 saturated heterocycles. The van der Waals surface area contributed by atoms with E-state index >= 15 is 0 Å². The van der Waals surface area contributed by atoms with Crippen LogP contribution in [0.1, 0.15) is 38.2 Å². The maximum Gasteiger partial charge on any atom is 0.228 e. The van der Waals surface area contributed by atoms with Crippen molar-refractivity contribution < 1.29 is 14.7 Å². The SMILES string of the molecule is CCc1cccc(NC(=O)[C@H]2CCCC[C@H]2C(=O)[O-])c1. The summed E-state index contributed by atoms with van der Waals surface area (Å²) in [5.74, 6) is -2.43. The van der Waals surface area contributed by atoms with Crippen molar-refractivity contribution in [2.45, 2.75) is 39.0 Å². The second-order valence-electron chi connectivity index (χ2n) is 5.36. The molecule has 2 rings (SSSR count). The normalized spacial score (nSPS) is 22.2. The lowest BCUT2D eigenvalue weighted by Gasteiger charge is -2.31. The van der Waals surface area contributed by atoms with Crippen LogP contribution in [-0.4, -0.2) is 11.9 Å². The van der Waals surface area contributed by atoms with Gasteiger partial charge in [-0.05, 0) is 37.0 Å². The van der Waals surface area contributed by atoms with Crippen LogP contribution in [0.2, 0.25) is 0 Å². The van der Waals surface area contributed by atoms with E-state index in [-0.39, 0.29) is 5.91 Å². The molecule has 1 aliphatic rings. The lowest BCUT2D eigenvalue weighted by molar-refractivity contribution is -0.313. The van der Waals surface area contributed by atoms with Crippen molar-refractivity contribution in [3.05, 3.63) is 29.8 Å². The zero-order valence-corrected chi connectivity index (χ0v) is 11.7. The van der Waals surface area contributed by atoms with Crippen molar-refractivity contribution in [3.8, 4) is 0 Å². The molecule has 1 saturated carbocycles. The third-order valence-electron chi connectivity index (χ3n) is 4.01. The Hall–Kier alpha value is -1.84. The van der Waals surface area contributed by atoms with Crippen LogP contribution in [0.4, 0.5) is 5.69 Å². The molecule has 1 N–H and O–H groups in total. The van der Waals surface area contributed by atoms with E-state index in [2.05, 4.69) is 5.32 Å². The van der Waals surface area contributed by atoms with Gasteiger partial charge in [0, 0.05) is 23.5 Å². The Bertz CT molecular complexity index is 498. The van der Waals surface area contributed by atoms with Gasteiger partial charge in [0.1, 0.15) is 0 Å². The largest absolute Gasteiger partial charge is 0.550 e. The minimum absolute atomic E-state index is 0.202. The smallest absolute Gasteiger partial charge is 0.228 e. The van der Waals surface area contributed by atoms with E-state index in [0.29, 0.717) is 12.8 Å². The second-order valence-corrected chi connectivity index (χ2v) is 5.36. The van der Waals surface area contributed by atoms with E-state index in [1.54, 1.807) is 0 Å². The van der Waals surface area contributed by atoms with Gasteiger partial charge in [0.15, 0.2) is 0 Å². The summed E-state index contributed by atoms with van der Waals surface area (Å²) in [6, 6.07) is 7.65. The van der Waals surface area contributed by atoms with E-state index in [1.165, 1.54) is 0 Å². The van der Waals surface area contributed by atoms with Gasteiger partial charge < -0.3 is 15.2 Å². The van der Waals surface area contributed by atoms with Crippen molar-refractivity contribution in [3.63, 3.8) is 0 Å². The molecule has 0 aliphatic heterocycles. The van der Waals surface area contributed by atoms with Crippen molar-refractivity contribution >= 4 is 17.6 Å². The Morgan fingerprint density at radius 1 is 1.25 bits per heavy atom. The average Bonchev–Trinajstić information content (AvgIpc) is 2.47. The third kappa shape index (κ3) is 3.38. The molecule has 4 heteroatoms. The van der Waals surface area contributed by atoms with Gasteiger partial charge in [-0.15, -0.1) is 0 Å². The van der Waals surface area contributed by atoms with Gasteiger partial charge in [-0.2, -0.15) is 0 Å². The van der Waals surface area contributed by atoms with E-state index in [1.807, 2.05) is 31.2 Å². The molecular formula is C16H20NO3-. The number of carbonyl (C=O) groups excluding carboxylic acids is 2. The molecule has 1 aliphatic carbocycles. The molecule has 1 amide bonds. The zero-order chi connectivity index (χ0) is 14.5. The number of hydrogen-bond donors (Lipinski definition) is 1. The molecule has 0 bridgehead atoms. The standard InChI is InChI=1S/C16H21NO3/c1-2-11-6-5-7-12(10-11)17-15(18)13-8-3-4-9-14(13)16(19)20/h5-7,10,13-14H,2-4,8-9H2,1H3,(H,17,18)(H,19,20)/p-1/t13-,14+/m0/s1. The molecular weight excluding hydrogens is 254 g/mol. The van der Waals surface area contributed by atoms with E-state index in [0.717, 1.165) is 30.5 Å². The van der Waals surface area contributed by atoms with Crippen molar-refractivity contribution in [2.24, 2.45) is 11.8 Å². The first-order chi connectivity index (χ1) is 9.61. The Kier molecular flexibility index (Phi) is 4.77. The number of benzene rings is 1. The van der Waals surface area contributed by atoms with Crippen molar-refractivity contribution in [1.82, 2.24) is 0 Å². The summed E-state index contributed by atoms with van der Waals surface area (Å²) in [6.07, 6.45) is 3.81. The molecule has 20 heavy (non-hydrogen) atoms. The number of carboxylic acids is 1. The Balaban J connectivity index is 2.07. The number of aryl methyl sites for hydroxylation is 1. The van der Waals surface area contributed by atoms with Crippen LogP contribution < -0.4 is 10.4 Å². The van der Waals surface area contributed by atoms with E-state index in [4.69, 9.17) is 0 Å². The summed E-state index contributed by atoms with van der Waals surface area (Å²) < 4.78 is 0. The number of amides is 1. The number of carbonyl (C=O) groups is 2. The number of nitrogens with one attached hydrogen (secondary N) is 1. The highest BCUT2D eigenvalue weighted by atomic mass is 16.4. The minimum atomic E-state index is -1.10. The molecule has 0 spiro atoms. The van der Waals surface area contributed by atoms with Crippen LogP contribution in [0.3, 0.4) is 0 Å². The predicted molar refractivity (Wildman–Crippen MR) is 74.9 cm³/mol. The van der Waals surface area contributed by atoms with Gasteiger partial charge in [-0.3, -0.25) is 4.79 Å². The molecule has 108 valence electrons. The molecule has 1 aromatic carbocycles. The van der Waals surface area contributed by atoms with Crippen LogP contribution in [0.25, 0.3) is 0 Å². The topological polar surface area (TPSA) is 69.2 Å². The van der Waals surface area contributed by atoms with Gasteiger partial charge in [0.2, 0.25) is 5.91 Å². The fourth-order valence-corrected chi connectivity index (χ4v) is 2.83. The number of hydrogen-bond acceptors (Lipinski definition) is 3. The summed E-state index contributed by atoms with van der Waals surface area (Å²) >= 11 is 0. The van der Waals surface area contributed by atoms with Gasteiger partial charge >= 0.3 is 0 Å². The Morgan fingerprint density at radius 3 is 2.60 bits per heavy atom. The van der Waals surface area contributed by atoms with Gasteiger partial charge in [0.05, 0.1) is 0 Å². The molecule has 0 radical (unpaired) electrons. The molecule has 4 nitrogen and oxygen atoms in total. The van der Waals surface area contributed by atoms with Crippen LogP contribution in [-0.2, 0) is 16.0 Å². The summed E-state index contributed by atoms with van der Waals surface area (Å²) in [5.41, 5.74) is 1.87. The van der Waals surface area contributed by atoms with Crippen LogP contribution >= 0.6 is 0 Å². The minimum Gasteiger partial charge on any atom is -0.550 e. The van der Waals surface area contributed by atoms with Gasteiger partial charge in [0.25, 0.3) is 0 Å². The lowest BCUT2D eigenvalue weighted by atomic mass is 9.78. The monoisotopic (exact) mass is 274 g/mol. The number of carboxylic acid groups (broad SMARTS) is 1. The summed E-state index contributed by atoms with van der Waals surface area (Å²) in [4.78, 5) is 23.4. The van der Waals surface area contributed by atoms with E-state index < -0.39 is 17.8 Å². The van der Waals surface area contributed by atoms with Crippen LogP contribution in [0.5, 0.6) is 0 Å². The molecule has 1 fully saturated rings. The highest BCUT2D eigenvalue weighted by Crippen LogP contribution is 2.30. The molecule has 2 atom stereocenters. The number of rotatable bonds is 4. The number of aliphatic carboxylic acids is 1. The predicted octanol–water partition coefficient (Wildman–Crippen LogP) is 1.74. The zero-order valence-electron chi connectivity index (χ0n) is 11.7. The first-order valence-corrected chi connectivity index (χ1v) is 7.22. The summed E-state index contributed by atoms with van der Waals surface area (Å²) in [7, 11) is 0. The van der Waals surface area contributed by atoms with Crippen molar-refractivity contribution in [2.75, 3.05) is 5.32 Å². The number of anilines is 1. The first-order valence-electron chi connectivity index (χ1n) is 7.22. The first kappa shape index (κ1) is 14.6.